The topological polar surface area (TPSA) is 130 Å². The summed E-state index contributed by atoms with van der Waals surface area (Å²) in [6, 6.07) is 99.8. The molecule has 0 atom stereocenters. The van der Waals surface area contributed by atoms with Gasteiger partial charge in [0.1, 0.15) is 27.9 Å². The molecule has 0 aliphatic heterocycles. The number of fused-ring (bicyclic) bond motifs is 15. The molecule has 0 aliphatic rings. The van der Waals surface area contributed by atoms with E-state index >= 15 is 0 Å². The molecule has 0 bridgehead atoms. The van der Waals surface area contributed by atoms with E-state index in [9.17, 15) is 0 Å². The molecule has 10 heterocycles. The first-order valence-corrected chi connectivity index (χ1v) is 56.6. The summed E-state index contributed by atoms with van der Waals surface area (Å²) in [6.07, 6.45) is 9.14. The van der Waals surface area contributed by atoms with Crippen LogP contribution in [0, 0.1) is 30.3 Å². The molecule has 120 heavy (non-hydrogen) atoms. The molecule has 20 heteroatoms. The number of hydrogen-bond donors (Lipinski definition) is 0. The van der Waals surface area contributed by atoms with E-state index < -0.39 is 40.4 Å². The van der Waals surface area contributed by atoms with Crippen LogP contribution >= 0.6 is 0 Å². The molecule has 10 nitrogen and oxygen atoms in total. The number of pyridine rings is 5. The minimum absolute atomic E-state index is 0. The maximum Gasteiger partial charge on any atom is 0.151 e. The molecular weight excluding hydrogens is 2450 g/mol. The van der Waals surface area contributed by atoms with E-state index in [1.807, 2.05) is 146 Å². The van der Waals surface area contributed by atoms with Gasteiger partial charge in [0.25, 0.3) is 0 Å². The van der Waals surface area contributed by atoms with Crippen molar-refractivity contribution >= 4 is 176 Å². The molecule has 20 aromatic rings. The van der Waals surface area contributed by atoms with Crippen molar-refractivity contribution < 1.29 is 123 Å². The zero-order valence-electron chi connectivity index (χ0n) is 69.4. The molecule has 0 saturated heterocycles. The number of hydrogen-bond acceptors (Lipinski definition) is 10. The molecule has 0 aliphatic carbocycles. The standard InChI is InChI=1S/5C20H18NOSi.5Ir/c1-23(2,3)20-11-7-5-9-15(20)17-12-16-14-8-4-6-10-18(14)22-19(16)13-21-17;2*1-23(2,3)15-8-6-7-14(11-15)18-12-17-16-9-4-5-10-19(16)22-20(17)13-21-18;1-23(2,3)20-18-15-11-7-8-12-16(15)22-17(18)13-21-19(20)14-9-5-4-6-10-14;1-23(2,3)15-10-8-14(9-11-15)18-12-17-16-6-4-5-7-19(16)22-20(17)13-21-18;;;;;/h4-8,10-13H,1-3H3;4-6,8-13H,1-3H3;4-10,12-13H,1-3H3;4-9,11-13H,1-3H3;4-8,10-13H,1-3H3;;;;;/q5*-1;;;;;. The first-order valence-electron chi connectivity index (χ1n) is 39.1. The third-order valence-corrected chi connectivity index (χ3v) is 30.9. The summed E-state index contributed by atoms with van der Waals surface area (Å²) >= 11 is 0. The predicted octanol–water partition coefficient (Wildman–Crippen LogP) is 25.0. The van der Waals surface area contributed by atoms with Crippen LogP contribution in [0.2, 0.25) is 98.2 Å². The van der Waals surface area contributed by atoms with Gasteiger partial charge in [-0.05, 0) is 58.8 Å². The summed E-state index contributed by atoms with van der Waals surface area (Å²) in [6.45, 7) is 35.2. The third kappa shape index (κ3) is 19.8. The number of furan rings is 5. The maximum atomic E-state index is 6.03. The Morgan fingerprint density at radius 1 is 0.258 bits per heavy atom. The molecule has 0 saturated carbocycles. The van der Waals surface area contributed by atoms with Crippen molar-refractivity contribution in [3.05, 3.63) is 304 Å². The summed E-state index contributed by atoms with van der Waals surface area (Å²) in [5.74, 6) is 0. The van der Waals surface area contributed by atoms with Gasteiger partial charge in [0.2, 0.25) is 0 Å². The quantitative estimate of drug-likeness (QED) is 0.0963. The van der Waals surface area contributed by atoms with E-state index in [4.69, 9.17) is 27.1 Å². The van der Waals surface area contributed by atoms with Gasteiger partial charge >= 0.3 is 0 Å². The smallest absolute Gasteiger partial charge is 0.151 e. The Morgan fingerprint density at radius 3 is 1.12 bits per heavy atom. The fourth-order valence-electron chi connectivity index (χ4n) is 14.8. The number of aromatic nitrogens is 5. The van der Waals surface area contributed by atoms with Crippen LogP contribution in [0.5, 0.6) is 0 Å². The summed E-state index contributed by atoms with van der Waals surface area (Å²) in [5, 5.41) is 18.3. The average Bonchev–Trinajstić information content (AvgIpc) is 1.56. The van der Waals surface area contributed by atoms with Gasteiger partial charge in [-0.25, -0.2) is 0 Å². The Balaban J connectivity index is 0.000000145. The van der Waals surface area contributed by atoms with Gasteiger partial charge in [0.05, 0.1) is 55.2 Å². The molecule has 0 amide bonds. The molecule has 615 valence electrons. The van der Waals surface area contributed by atoms with Crippen LogP contribution in [-0.4, -0.2) is 65.3 Å². The SMILES string of the molecule is C[Si](C)(C)c1[c-]c(-c2cc3c(cn2)oc2ccccc23)ccc1.C[Si](C)(C)c1c(-c2[c-]cccc2)ncc2oc3ccccc3c12.C[Si](C)(C)c1c[c-]c(-c2cc3c(cn2)oc2ccccc23)cc1.C[Si](C)(C)c1cc[c-]c(-c2cc3c(cn2)oc2ccccc23)c1.C[Si](C)(C)c1ccc[c-]c1-c1cc2c(cn1)oc1ccccc12.[Ir].[Ir].[Ir].[Ir].[Ir]. The Kier molecular flexibility index (Phi) is 29.1. The van der Waals surface area contributed by atoms with Gasteiger partial charge in [-0.15, -0.1) is 176 Å². The molecular formula is C100H90Ir5N5O5Si5-5. The molecule has 5 radical (unpaired) electrons. The summed E-state index contributed by atoms with van der Waals surface area (Å²) in [5.41, 5.74) is 18.9. The molecule has 0 fully saturated rings. The Labute approximate surface area is 774 Å². The average molecular weight is 2540 g/mol. The van der Waals surface area contributed by atoms with Crippen LogP contribution in [0.3, 0.4) is 0 Å². The van der Waals surface area contributed by atoms with Gasteiger partial charge in [-0.3, -0.25) is 0 Å². The van der Waals surface area contributed by atoms with Crippen molar-refractivity contribution in [2.24, 2.45) is 0 Å². The van der Waals surface area contributed by atoms with E-state index in [-0.39, 0.29) is 101 Å². The summed E-state index contributed by atoms with van der Waals surface area (Å²) < 4.78 is 29.5. The second-order valence-electron chi connectivity index (χ2n) is 34.4. The van der Waals surface area contributed by atoms with Crippen molar-refractivity contribution in [2.45, 2.75) is 98.2 Å². The van der Waals surface area contributed by atoms with E-state index in [1.165, 1.54) is 36.7 Å². The van der Waals surface area contributed by atoms with E-state index in [0.717, 1.165) is 155 Å². The van der Waals surface area contributed by atoms with Crippen LogP contribution in [-0.2, 0) is 101 Å². The summed E-state index contributed by atoms with van der Waals surface area (Å²) in [7, 11) is -7.13. The van der Waals surface area contributed by atoms with Crippen molar-refractivity contribution in [3.8, 4) is 56.3 Å². The van der Waals surface area contributed by atoms with E-state index in [0.29, 0.717) is 0 Å². The second-order valence-corrected chi connectivity index (χ2v) is 59.7. The maximum absolute atomic E-state index is 6.03. The molecule has 20 rings (SSSR count). The number of rotatable bonds is 10. The second kappa shape index (κ2) is 38.0. The monoisotopic (exact) mass is 2550 g/mol. The fraction of sp³-hybridized carbons (Fsp3) is 0.150. The molecule has 0 unspecified atom stereocenters. The molecule has 0 N–H and O–H groups in total. The Hall–Kier alpha value is -8.72. The van der Waals surface area contributed by atoms with E-state index in [2.05, 4.69) is 276 Å². The zero-order valence-corrected chi connectivity index (χ0v) is 86.4. The van der Waals surface area contributed by atoms with Gasteiger partial charge in [0, 0.05) is 171 Å². The van der Waals surface area contributed by atoms with Crippen molar-refractivity contribution in [1.82, 2.24) is 24.9 Å². The fourth-order valence-corrected chi connectivity index (χ4v) is 21.6. The number of benzene rings is 10. The van der Waals surface area contributed by atoms with Gasteiger partial charge in [-0.2, -0.15) is 0 Å². The first kappa shape index (κ1) is 92.0. The Morgan fingerprint density at radius 2 is 0.667 bits per heavy atom. The number of nitrogens with zero attached hydrogens (tertiary/aromatic N) is 5. The van der Waals surface area contributed by atoms with Gasteiger partial charge < -0.3 is 47.0 Å². The predicted molar refractivity (Wildman–Crippen MR) is 494 cm³/mol. The normalized spacial score (nSPS) is 11.6. The van der Waals surface area contributed by atoms with Crippen LogP contribution in [0.1, 0.15) is 0 Å². The third-order valence-electron chi connectivity index (χ3n) is 20.9. The molecule has 10 aromatic heterocycles. The minimum Gasteiger partial charge on any atom is -0.455 e. The van der Waals surface area contributed by atoms with Crippen LogP contribution < -0.4 is 25.9 Å². The first-order chi connectivity index (χ1) is 55.2. The van der Waals surface area contributed by atoms with Crippen molar-refractivity contribution in [2.75, 3.05) is 0 Å². The minimum atomic E-state index is -1.65. The van der Waals surface area contributed by atoms with Crippen LogP contribution in [0.15, 0.2) is 296 Å². The molecule has 10 aromatic carbocycles. The summed E-state index contributed by atoms with van der Waals surface area (Å²) in [4.78, 5) is 23.1. The van der Waals surface area contributed by atoms with E-state index in [1.54, 1.807) is 0 Å². The van der Waals surface area contributed by atoms with Gasteiger partial charge in [0.15, 0.2) is 27.9 Å². The molecule has 0 spiro atoms. The van der Waals surface area contributed by atoms with Crippen LogP contribution in [0.25, 0.3) is 166 Å². The largest absolute Gasteiger partial charge is 0.455 e. The zero-order chi connectivity index (χ0) is 80.1. The van der Waals surface area contributed by atoms with Crippen LogP contribution in [0.4, 0.5) is 0 Å². The van der Waals surface area contributed by atoms with Crippen molar-refractivity contribution in [3.63, 3.8) is 0 Å². The van der Waals surface area contributed by atoms with Crippen molar-refractivity contribution in [1.29, 1.82) is 0 Å². The number of para-hydroxylation sites is 5. The van der Waals surface area contributed by atoms with Gasteiger partial charge in [-0.1, -0.05) is 219 Å². The Bertz CT molecular complexity index is 6830.